The van der Waals surface area contributed by atoms with Gasteiger partial charge in [-0.05, 0) is 36.8 Å². The Balaban J connectivity index is 3.36. The average Bonchev–Trinajstić information content (AvgIpc) is 2.09. The normalized spacial score (nSPS) is 12.2. The Hall–Kier alpha value is -0.410. The number of rotatable bonds is 6. The zero-order valence-electron chi connectivity index (χ0n) is 7.81. The molecule has 0 radical (unpaired) electrons. The third kappa shape index (κ3) is 11.6. The second kappa shape index (κ2) is 9.68. The maximum absolute atomic E-state index is 4.12. The van der Waals surface area contributed by atoms with Gasteiger partial charge in [-0.15, -0.1) is 6.58 Å². The van der Waals surface area contributed by atoms with Crippen molar-refractivity contribution in [3.63, 3.8) is 0 Å². The topological polar surface area (TPSA) is 12.4 Å². The van der Waals surface area contributed by atoms with Gasteiger partial charge in [0.25, 0.3) is 0 Å². The SMILES string of the molecule is C=C(C)CCS\N=C/C=C\C=C\S. The van der Waals surface area contributed by atoms with Crippen LogP contribution in [0.1, 0.15) is 13.3 Å². The smallest absolute Gasteiger partial charge is 0.0351 e. The standard InChI is InChI=1S/C10H15NS2/c1-10(2)6-9-13-11-7-4-3-5-8-12/h3-5,7-8,12H,1,6,9H2,2H3/b4-3-,8-5+,11-7-. The first-order valence-electron chi connectivity index (χ1n) is 4.03. The second-order valence-electron chi connectivity index (χ2n) is 2.52. The van der Waals surface area contributed by atoms with Gasteiger partial charge in [0.2, 0.25) is 0 Å². The van der Waals surface area contributed by atoms with Gasteiger partial charge in [-0.25, -0.2) is 4.40 Å². The minimum absolute atomic E-state index is 1.00. The molecule has 0 bridgehead atoms. The lowest BCUT2D eigenvalue weighted by molar-refractivity contribution is 1.13. The van der Waals surface area contributed by atoms with Gasteiger partial charge in [-0.3, -0.25) is 0 Å². The van der Waals surface area contributed by atoms with E-state index in [1.54, 1.807) is 23.6 Å². The van der Waals surface area contributed by atoms with Crippen LogP contribution in [0.3, 0.4) is 0 Å². The van der Waals surface area contributed by atoms with E-state index in [4.69, 9.17) is 0 Å². The van der Waals surface area contributed by atoms with Crippen LogP contribution in [-0.4, -0.2) is 12.0 Å². The van der Waals surface area contributed by atoms with Crippen LogP contribution in [0.4, 0.5) is 0 Å². The predicted octanol–water partition coefficient (Wildman–Crippen LogP) is 3.67. The van der Waals surface area contributed by atoms with E-state index in [0.717, 1.165) is 12.2 Å². The van der Waals surface area contributed by atoms with Crippen LogP contribution in [-0.2, 0) is 0 Å². The molecule has 0 aliphatic rings. The summed E-state index contributed by atoms with van der Waals surface area (Å²) in [6.45, 7) is 5.85. The summed E-state index contributed by atoms with van der Waals surface area (Å²) in [4.78, 5) is 0. The molecule has 0 atom stereocenters. The molecular formula is C10H15NS2. The summed E-state index contributed by atoms with van der Waals surface area (Å²) in [6, 6.07) is 0. The van der Waals surface area contributed by atoms with Crippen LogP contribution in [0.25, 0.3) is 0 Å². The van der Waals surface area contributed by atoms with E-state index in [9.17, 15) is 0 Å². The van der Waals surface area contributed by atoms with Gasteiger partial charge in [0, 0.05) is 12.0 Å². The lowest BCUT2D eigenvalue weighted by atomic mass is 10.3. The molecule has 0 N–H and O–H groups in total. The van der Waals surface area contributed by atoms with Crippen molar-refractivity contribution in [1.82, 2.24) is 0 Å². The molecule has 0 fully saturated rings. The molecule has 0 saturated carbocycles. The maximum Gasteiger partial charge on any atom is 0.0351 e. The van der Waals surface area contributed by atoms with Gasteiger partial charge in [0.05, 0.1) is 0 Å². The molecule has 0 amide bonds. The summed E-state index contributed by atoms with van der Waals surface area (Å²) in [5, 5.41) is 1.68. The fraction of sp³-hybridized carbons (Fsp3) is 0.300. The second-order valence-corrected chi connectivity index (χ2v) is 3.70. The minimum atomic E-state index is 1.00. The number of nitrogens with zero attached hydrogens (tertiary/aromatic N) is 1. The highest BCUT2D eigenvalue weighted by atomic mass is 32.2. The average molecular weight is 213 g/mol. The Morgan fingerprint density at radius 2 is 2.23 bits per heavy atom. The Bertz CT molecular complexity index is 217. The van der Waals surface area contributed by atoms with Gasteiger partial charge >= 0.3 is 0 Å². The molecule has 1 nitrogen and oxygen atoms in total. The van der Waals surface area contributed by atoms with Gasteiger partial charge in [0.1, 0.15) is 0 Å². The summed E-state index contributed by atoms with van der Waals surface area (Å²) in [6.07, 6.45) is 8.41. The fourth-order valence-electron chi connectivity index (χ4n) is 0.514. The molecule has 0 unspecified atom stereocenters. The van der Waals surface area contributed by atoms with E-state index >= 15 is 0 Å². The summed E-state index contributed by atoms with van der Waals surface area (Å²) in [5.74, 6) is 1.00. The molecule has 0 aliphatic carbocycles. The molecule has 0 rings (SSSR count). The van der Waals surface area contributed by atoms with Crippen molar-refractivity contribution in [3.8, 4) is 0 Å². The molecule has 0 aliphatic heterocycles. The van der Waals surface area contributed by atoms with Crippen molar-refractivity contribution in [1.29, 1.82) is 0 Å². The molecule has 0 aromatic rings. The highest BCUT2D eigenvalue weighted by Crippen LogP contribution is 2.06. The van der Waals surface area contributed by atoms with E-state index in [1.165, 1.54) is 5.57 Å². The first-order chi connectivity index (χ1) is 6.27. The monoisotopic (exact) mass is 213 g/mol. The fourth-order valence-corrected chi connectivity index (χ4v) is 1.32. The van der Waals surface area contributed by atoms with Crippen molar-refractivity contribution >= 4 is 30.8 Å². The van der Waals surface area contributed by atoms with Crippen molar-refractivity contribution in [2.24, 2.45) is 4.40 Å². The van der Waals surface area contributed by atoms with E-state index in [2.05, 4.69) is 23.6 Å². The molecule has 13 heavy (non-hydrogen) atoms. The molecule has 0 spiro atoms. The summed E-state index contributed by atoms with van der Waals surface area (Å²) >= 11 is 5.46. The Kier molecular flexibility index (Phi) is 9.37. The first-order valence-corrected chi connectivity index (χ1v) is 5.49. The van der Waals surface area contributed by atoms with Crippen molar-refractivity contribution in [2.75, 3.05) is 5.75 Å². The number of allylic oxidation sites excluding steroid dienone is 4. The van der Waals surface area contributed by atoms with Crippen LogP contribution >= 0.6 is 24.6 Å². The van der Waals surface area contributed by atoms with E-state index in [1.807, 2.05) is 25.2 Å². The molecule has 0 aromatic heterocycles. The molecule has 0 saturated heterocycles. The summed E-state index contributed by atoms with van der Waals surface area (Å²) < 4.78 is 4.12. The van der Waals surface area contributed by atoms with E-state index < -0.39 is 0 Å². The lowest BCUT2D eigenvalue weighted by Gasteiger charge is -1.92. The number of thiol groups is 1. The summed E-state index contributed by atoms with van der Waals surface area (Å²) in [7, 11) is 0. The predicted molar refractivity (Wildman–Crippen MR) is 67.6 cm³/mol. The van der Waals surface area contributed by atoms with Crippen LogP contribution in [0.15, 0.2) is 40.2 Å². The Labute approximate surface area is 90.3 Å². The van der Waals surface area contributed by atoms with Gasteiger partial charge in [-0.2, -0.15) is 12.6 Å². The molecule has 3 heteroatoms. The number of hydrogen-bond donors (Lipinski definition) is 1. The van der Waals surface area contributed by atoms with Gasteiger partial charge in [0.15, 0.2) is 0 Å². The quantitative estimate of drug-likeness (QED) is 0.177. The van der Waals surface area contributed by atoms with E-state index in [-0.39, 0.29) is 0 Å². The molecule has 72 valence electrons. The lowest BCUT2D eigenvalue weighted by Crippen LogP contribution is -1.77. The maximum atomic E-state index is 4.12. The van der Waals surface area contributed by atoms with Gasteiger partial charge in [-0.1, -0.05) is 17.7 Å². The van der Waals surface area contributed by atoms with Crippen LogP contribution in [0, 0.1) is 0 Å². The molecule has 0 heterocycles. The van der Waals surface area contributed by atoms with E-state index in [0.29, 0.717) is 0 Å². The van der Waals surface area contributed by atoms with Crippen LogP contribution < -0.4 is 0 Å². The Morgan fingerprint density at radius 3 is 2.85 bits per heavy atom. The zero-order valence-corrected chi connectivity index (χ0v) is 9.52. The first kappa shape index (κ1) is 12.6. The minimum Gasteiger partial charge on any atom is -0.225 e. The third-order valence-corrected chi connectivity index (χ3v) is 1.98. The highest BCUT2D eigenvalue weighted by molar-refractivity contribution is 7.98. The van der Waals surface area contributed by atoms with Gasteiger partial charge < -0.3 is 0 Å². The zero-order chi connectivity index (χ0) is 9.94. The summed E-state index contributed by atoms with van der Waals surface area (Å²) in [5.41, 5.74) is 1.20. The Morgan fingerprint density at radius 1 is 1.46 bits per heavy atom. The highest BCUT2D eigenvalue weighted by Gasteiger charge is 1.85. The van der Waals surface area contributed by atoms with Crippen LogP contribution in [0.2, 0.25) is 0 Å². The largest absolute Gasteiger partial charge is 0.225 e. The third-order valence-electron chi connectivity index (χ3n) is 1.15. The van der Waals surface area contributed by atoms with Crippen molar-refractivity contribution < 1.29 is 0 Å². The van der Waals surface area contributed by atoms with Crippen molar-refractivity contribution in [2.45, 2.75) is 13.3 Å². The van der Waals surface area contributed by atoms with Crippen molar-refractivity contribution in [3.05, 3.63) is 35.8 Å². The molecule has 0 aromatic carbocycles. The molecular weight excluding hydrogens is 198 g/mol. The van der Waals surface area contributed by atoms with Crippen LogP contribution in [0.5, 0.6) is 0 Å². The number of hydrogen-bond acceptors (Lipinski definition) is 3.